The van der Waals surface area contributed by atoms with Gasteiger partial charge in [-0.1, -0.05) is 0 Å². The van der Waals surface area contributed by atoms with Gasteiger partial charge in [0.1, 0.15) is 11.8 Å². The van der Waals surface area contributed by atoms with Crippen LogP contribution < -0.4 is 11.2 Å². The van der Waals surface area contributed by atoms with Crippen LogP contribution in [-0.4, -0.2) is 29.9 Å². The van der Waals surface area contributed by atoms with E-state index in [0.29, 0.717) is 11.8 Å². The Morgan fingerprint density at radius 3 is 2.67 bits per heavy atom. The Morgan fingerprint density at radius 2 is 2.00 bits per heavy atom. The van der Waals surface area contributed by atoms with Crippen molar-refractivity contribution in [2.75, 3.05) is 0 Å². The number of aromatic nitrogens is 6. The average molecular weight is 250 g/mol. The predicted molar refractivity (Wildman–Crippen MR) is 59.3 cm³/mol. The zero-order chi connectivity index (χ0) is 13.0. The summed E-state index contributed by atoms with van der Waals surface area (Å²) in [5, 5.41) is 0. The lowest BCUT2D eigenvalue weighted by Crippen LogP contribution is -2.23. The first kappa shape index (κ1) is 11.6. The van der Waals surface area contributed by atoms with E-state index in [1.54, 1.807) is 17.5 Å². The largest absolute Gasteiger partial charge is 0.342 e. The standard InChI is InChI=1S/C5H4N4.C4H3FN2O2/c1-4-5(8-2-6-1)9-3-7-4;5-2-1-6-4(9)7-3(2)8/h1-3H,(H,6,7,8,9);1H,(H2,6,7,8,9). The van der Waals surface area contributed by atoms with Gasteiger partial charge in [-0.05, 0) is 0 Å². The van der Waals surface area contributed by atoms with Crippen LogP contribution in [0.2, 0.25) is 0 Å². The fourth-order valence-electron chi connectivity index (χ4n) is 1.08. The number of aromatic amines is 3. The van der Waals surface area contributed by atoms with Gasteiger partial charge in [0, 0.05) is 6.20 Å². The number of halogens is 1. The molecule has 0 saturated heterocycles. The third kappa shape index (κ3) is 2.64. The van der Waals surface area contributed by atoms with Gasteiger partial charge >= 0.3 is 5.69 Å². The Balaban J connectivity index is 0.000000134. The topological polar surface area (TPSA) is 120 Å². The molecule has 0 unspecified atom stereocenters. The van der Waals surface area contributed by atoms with Crippen molar-refractivity contribution in [2.24, 2.45) is 0 Å². The van der Waals surface area contributed by atoms with Crippen LogP contribution in [0.5, 0.6) is 0 Å². The van der Waals surface area contributed by atoms with E-state index in [4.69, 9.17) is 0 Å². The molecule has 0 aliphatic heterocycles. The quantitative estimate of drug-likeness (QED) is 0.499. The molecule has 92 valence electrons. The van der Waals surface area contributed by atoms with Gasteiger partial charge in [0.25, 0.3) is 5.56 Å². The first-order valence-electron chi connectivity index (χ1n) is 4.73. The maximum absolute atomic E-state index is 12.0. The summed E-state index contributed by atoms with van der Waals surface area (Å²) >= 11 is 0. The molecule has 3 aromatic heterocycles. The Kier molecular flexibility index (Phi) is 3.23. The normalized spacial score (nSPS) is 9.83. The van der Waals surface area contributed by atoms with E-state index in [0.717, 1.165) is 5.52 Å². The third-order valence-electron chi connectivity index (χ3n) is 1.87. The van der Waals surface area contributed by atoms with Crippen molar-refractivity contribution in [3.8, 4) is 0 Å². The fraction of sp³-hybridized carbons (Fsp3) is 0. The van der Waals surface area contributed by atoms with E-state index < -0.39 is 17.1 Å². The molecule has 0 spiro atoms. The molecule has 8 nitrogen and oxygen atoms in total. The highest BCUT2D eigenvalue weighted by Gasteiger charge is 1.93. The van der Waals surface area contributed by atoms with E-state index >= 15 is 0 Å². The van der Waals surface area contributed by atoms with Gasteiger partial charge in [0.05, 0.1) is 12.5 Å². The minimum Gasteiger partial charge on any atom is -0.342 e. The summed E-state index contributed by atoms with van der Waals surface area (Å²) in [5.41, 5.74) is -0.123. The average Bonchev–Trinajstić information content (AvgIpc) is 2.83. The zero-order valence-corrected chi connectivity index (χ0v) is 8.85. The molecule has 0 amide bonds. The minimum absolute atomic E-state index is 0.707. The highest BCUT2D eigenvalue weighted by molar-refractivity contribution is 5.67. The molecule has 3 heterocycles. The molecule has 0 atom stereocenters. The van der Waals surface area contributed by atoms with Crippen LogP contribution in [0, 0.1) is 5.82 Å². The van der Waals surface area contributed by atoms with Crippen molar-refractivity contribution in [2.45, 2.75) is 0 Å². The van der Waals surface area contributed by atoms with E-state index in [-0.39, 0.29) is 0 Å². The van der Waals surface area contributed by atoms with Crippen molar-refractivity contribution in [1.82, 2.24) is 29.9 Å². The molecule has 3 rings (SSSR count). The number of nitrogens with zero attached hydrogens (tertiary/aromatic N) is 3. The summed E-state index contributed by atoms with van der Waals surface area (Å²) < 4.78 is 12.0. The number of fused-ring (bicyclic) bond motifs is 1. The van der Waals surface area contributed by atoms with Gasteiger partial charge in [0.15, 0.2) is 5.65 Å². The van der Waals surface area contributed by atoms with Crippen molar-refractivity contribution in [3.05, 3.63) is 51.7 Å². The molecule has 18 heavy (non-hydrogen) atoms. The van der Waals surface area contributed by atoms with Gasteiger partial charge in [-0.15, -0.1) is 0 Å². The third-order valence-corrected chi connectivity index (χ3v) is 1.87. The molecule has 0 aliphatic carbocycles. The molecule has 0 bridgehead atoms. The minimum atomic E-state index is -1.00. The molecular formula is C9H7FN6O2. The number of rotatable bonds is 0. The Labute approximate surface area is 98.0 Å². The van der Waals surface area contributed by atoms with Crippen LogP contribution in [-0.2, 0) is 0 Å². The molecule has 3 N–H and O–H groups in total. The van der Waals surface area contributed by atoms with Crippen LogP contribution in [0.25, 0.3) is 11.2 Å². The summed E-state index contributed by atoms with van der Waals surface area (Å²) in [5.74, 6) is -0.991. The summed E-state index contributed by atoms with van der Waals surface area (Å²) in [6, 6.07) is 0. The Hall–Kier alpha value is -2.84. The van der Waals surface area contributed by atoms with Crippen LogP contribution in [0.1, 0.15) is 0 Å². The Bertz CT molecular complexity index is 731. The van der Waals surface area contributed by atoms with E-state index in [9.17, 15) is 14.0 Å². The molecule has 9 heteroatoms. The zero-order valence-electron chi connectivity index (χ0n) is 8.85. The van der Waals surface area contributed by atoms with Gasteiger partial charge in [0.2, 0.25) is 5.82 Å². The number of H-pyrrole nitrogens is 3. The SMILES string of the molecule is O=c1[nH]cc(F)c(=O)[nH]1.c1ncc2[nH]cnc2n1. The van der Waals surface area contributed by atoms with Crippen molar-refractivity contribution in [1.29, 1.82) is 0 Å². The van der Waals surface area contributed by atoms with Crippen LogP contribution in [0.3, 0.4) is 0 Å². The number of hydrogen-bond donors (Lipinski definition) is 3. The first-order valence-corrected chi connectivity index (χ1v) is 4.73. The van der Waals surface area contributed by atoms with Gasteiger partial charge in [-0.2, -0.15) is 4.39 Å². The smallest absolute Gasteiger partial charge is 0.325 e. The number of nitrogens with one attached hydrogen (secondary N) is 3. The van der Waals surface area contributed by atoms with Crippen molar-refractivity contribution >= 4 is 11.2 Å². The summed E-state index contributed by atoms with van der Waals surface area (Å²) in [6.45, 7) is 0. The summed E-state index contributed by atoms with van der Waals surface area (Å²) in [7, 11) is 0. The predicted octanol–water partition coefficient (Wildman–Crippen LogP) is -0.445. The lowest BCUT2D eigenvalue weighted by atomic mass is 10.6. The van der Waals surface area contributed by atoms with Crippen molar-refractivity contribution in [3.63, 3.8) is 0 Å². The fourth-order valence-corrected chi connectivity index (χ4v) is 1.08. The monoisotopic (exact) mass is 250 g/mol. The lowest BCUT2D eigenvalue weighted by Gasteiger charge is -1.81. The number of hydrogen-bond acceptors (Lipinski definition) is 5. The second-order valence-electron chi connectivity index (χ2n) is 3.08. The first-order chi connectivity index (χ1) is 8.66. The highest BCUT2D eigenvalue weighted by Crippen LogP contribution is 1.99. The van der Waals surface area contributed by atoms with Crippen molar-refractivity contribution < 1.29 is 4.39 Å². The van der Waals surface area contributed by atoms with Gasteiger partial charge in [-0.3, -0.25) is 9.78 Å². The van der Waals surface area contributed by atoms with Crippen LogP contribution in [0.4, 0.5) is 4.39 Å². The molecule has 0 radical (unpaired) electrons. The maximum atomic E-state index is 12.0. The summed E-state index contributed by atoms with van der Waals surface area (Å²) in [6.07, 6.45) is 5.47. The highest BCUT2D eigenvalue weighted by atomic mass is 19.1. The van der Waals surface area contributed by atoms with Crippen LogP contribution >= 0.6 is 0 Å². The second-order valence-corrected chi connectivity index (χ2v) is 3.08. The molecule has 0 saturated carbocycles. The molecule has 0 aliphatic rings. The maximum Gasteiger partial charge on any atom is 0.325 e. The van der Waals surface area contributed by atoms with Gasteiger partial charge < -0.3 is 9.97 Å². The molecule has 0 fully saturated rings. The second kappa shape index (κ2) is 4.99. The van der Waals surface area contributed by atoms with E-state index in [2.05, 4.69) is 19.9 Å². The Morgan fingerprint density at radius 1 is 1.17 bits per heavy atom. The van der Waals surface area contributed by atoms with E-state index in [1.165, 1.54) is 6.33 Å². The van der Waals surface area contributed by atoms with Gasteiger partial charge in [-0.25, -0.2) is 19.7 Å². The molecule has 0 aromatic carbocycles. The lowest BCUT2D eigenvalue weighted by molar-refractivity contribution is 0.597. The summed E-state index contributed by atoms with van der Waals surface area (Å²) in [4.78, 5) is 38.5. The van der Waals surface area contributed by atoms with E-state index in [1.807, 2.05) is 4.98 Å². The number of imidazole rings is 1. The molecule has 3 aromatic rings. The van der Waals surface area contributed by atoms with Crippen LogP contribution in [0.15, 0.2) is 34.6 Å². The molecular weight excluding hydrogens is 243 g/mol.